The fourth-order valence-electron chi connectivity index (χ4n) is 1.82. The molecular weight excluding hydrogens is 340 g/mol. The van der Waals surface area contributed by atoms with Gasteiger partial charge in [-0.05, 0) is 23.6 Å². The first kappa shape index (κ1) is 15.7. The van der Waals surface area contributed by atoms with Crippen LogP contribution in [0.1, 0.15) is 5.89 Å². The van der Waals surface area contributed by atoms with Gasteiger partial charge in [-0.3, -0.25) is 4.79 Å². The molecule has 0 unspecified atom stereocenters. The van der Waals surface area contributed by atoms with Crippen molar-refractivity contribution >= 4 is 38.4 Å². The minimum Gasteiger partial charge on any atom is -0.455 e. The van der Waals surface area contributed by atoms with Crippen molar-refractivity contribution in [3.63, 3.8) is 0 Å². The molecule has 0 aliphatic heterocycles. The van der Waals surface area contributed by atoms with Crippen LogP contribution >= 0.6 is 11.3 Å². The molecule has 1 aromatic carbocycles. The third kappa shape index (κ3) is 3.76. The number of hydrogen-bond donors (Lipinski definition) is 1. The smallest absolute Gasteiger partial charge is 0.321 e. The molecule has 3 aromatic rings. The van der Waals surface area contributed by atoms with Crippen molar-refractivity contribution in [3.8, 4) is 0 Å². The maximum absolute atomic E-state index is 11.9. The lowest BCUT2D eigenvalue weighted by Gasteiger charge is -2.04. The summed E-state index contributed by atoms with van der Waals surface area (Å²) >= 11 is 1.07. The standard InChI is InChI=1S/C14H12N2O5S2/c17-13(8-15-23(18,19)14-6-3-7-22-14)20-9-12-16-10-4-1-2-5-11(10)21-12/h1-7,15H,8-9H2. The monoisotopic (exact) mass is 352 g/mol. The van der Waals surface area contributed by atoms with E-state index in [9.17, 15) is 13.2 Å². The average Bonchev–Trinajstić information content (AvgIpc) is 3.20. The first-order valence-electron chi connectivity index (χ1n) is 6.58. The van der Waals surface area contributed by atoms with E-state index in [1.54, 1.807) is 23.6 Å². The third-order valence-electron chi connectivity index (χ3n) is 2.86. The van der Waals surface area contributed by atoms with E-state index in [1.165, 1.54) is 6.07 Å². The van der Waals surface area contributed by atoms with Crippen molar-refractivity contribution in [1.82, 2.24) is 9.71 Å². The van der Waals surface area contributed by atoms with Crippen LogP contribution < -0.4 is 4.72 Å². The van der Waals surface area contributed by atoms with Crippen molar-refractivity contribution in [2.24, 2.45) is 0 Å². The van der Waals surface area contributed by atoms with Gasteiger partial charge in [0.25, 0.3) is 10.0 Å². The number of carbonyl (C=O) groups excluding carboxylic acids is 1. The van der Waals surface area contributed by atoms with Crippen LogP contribution in [0.25, 0.3) is 11.1 Å². The molecule has 120 valence electrons. The largest absolute Gasteiger partial charge is 0.455 e. The lowest BCUT2D eigenvalue weighted by molar-refractivity contribution is -0.144. The highest BCUT2D eigenvalue weighted by molar-refractivity contribution is 7.91. The molecule has 0 saturated heterocycles. The molecule has 0 aliphatic carbocycles. The van der Waals surface area contributed by atoms with E-state index < -0.39 is 22.5 Å². The van der Waals surface area contributed by atoms with E-state index in [2.05, 4.69) is 9.71 Å². The van der Waals surface area contributed by atoms with Gasteiger partial charge in [0, 0.05) is 0 Å². The molecular formula is C14H12N2O5S2. The predicted octanol–water partition coefficient (Wildman–Crippen LogP) is 1.91. The number of rotatable bonds is 6. The maximum atomic E-state index is 11.9. The molecule has 9 heteroatoms. The summed E-state index contributed by atoms with van der Waals surface area (Å²) in [6.07, 6.45) is 0. The molecule has 0 saturated carbocycles. The number of thiophene rings is 1. The molecule has 2 aromatic heterocycles. The van der Waals surface area contributed by atoms with Crippen LogP contribution in [0.5, 0.6) is 0 Å². The number of ether oxygens (including phenoxy) is 1. The highest BCUT2D eigenvalue weighted by Crippen LogP contribution is 2.16. The molecule has 1 N–H and O–H groups in total. The fraction of sp³-hybridized carbons (Fsp3) is 0.143. The summed E-state index contributed by atoms with van der Waals surface area (Å²) in [4.78, 5) is 15.8. The predicted molar refractivity (Wildman–Crippen MR) is 83.3 cm³/mol. The Hall–Kier alpha value is -2.23. The van der Waals surface area contributed by atoms with Crippen molar-refractivity contribution in [1.29, 1.82) is 0 Å². The minimum absolute atomic E-state index is 0.143. The second-order valence-corrected chi connectivity index (χ2v) is 7.43. The molecule has 0 radical (unpaired) electrons. The number of benzene rings is 1. The van der Waals surface area contributed by atoms with E-state index in [-0.39, 0.29) is 16.7 Å². The Labute approximate surface area is 136 Å². The van der Waals surface area contributed by atoms with Gasteiger partial charge in [-0.1, -0.05) is 18.2 Å². The quantitative estimate of drug-likeness (QED) is 0.681. The average molecular weight is 352 g/mol. The van der Waals surface area contributed by atoms with Crippen molar-refractivity contribution in [3.05, 3.63) is 47.7 Å². The van der Waals surface area contributed by atoms with Gasteiger partial charge in [-0.15, -0.1) is 11.3 Å². The van der Waals surface area contributed by atoms with E-state index in [0.29, 0.717) is 11.1 Å². The first-order chi connectivity index (χ1) is 11.0. The van der Waals surface area contributed by atoms with Crippen LogP contribution in [0.15, 0.2) is 50.4 Å². The topological polar surface area (TPSA) is 98.5 Å². The van der Waals surface area contributed by atoms with Crippen LogP contribution in [0, 0.1) is 0 Å². The highest BCUT2D eigenvalue weighted by atomic mass is 32.2. The number of para-hydroxylation sites is 2. The summed E-state index contributed by atoms with van der Waals surface area (Å²) in [6, 6.07) is 10.2. The SMILES string of the molecule is O=C(CNS(=O)(=O)c1cccs1)OCc1nc2ccccc2o1. The molecule has 0 spiro atoms. The number of carbonyl (C=O) groups is 1. The Morgan fingerprint density at radius 1 is 1.26 bits per heavy atom. The first-order valence-corrected chi connectivity index (χ1v) is 8.94. The molecule has 0 bridgehead atoms. The van der Waals surface area contributed by atoms with Crippen LogP contribution in [0.2, 0.25) is 0 Å². The Kier molecular flexibility index (Phi) is 4.42. The molecule has 0 amide bonds. The number of nitrogens with zero attached hydrogens (tertiary/aromatic N) is 1. The van der Waals surface area contributed by atoms with Gasteiger partial charge in [-0.25, -0.2) is 13.4 Å². The molecule has 0 fully saturated rings. The lowest BCUT2D eigenvalue weighted by atomic mass is 10.3. The van der Waals surface area contributed by atoms with Gasteiger partial charge in [0.1, 0.15) is 16.3 Å². The molecule has 0 atom stereocenters. The fourth-order valence-corrected chi connectivity index (χ4v) is 3.82. The number of hydrogen-bond acceptors (Lipinski definition) is 7. The summed E-state index contributed by atoms with van der Waals surface area (Å²) in [5.74, 6) is -0.465. The van der Waals surface area contributed by atoms with Crippen molar-refractivity contribution in [2.45, 2.75) is 10.8 Å². The number of oxazole rings is 1. The Morgan fingerprint density at radius 3 is 2.83 bits per heavy atom. The molecule has 3 rings (SSSR count). The summed E-state index contributed by atoms with van der Waals surface area (Å²) in [6.45, 7) is -0.616. The minimum atomic E-state index is -3.69. The van der Waals surface area contributed by atoms with E-state index in [0.717, 1.165) is 11.3 Å². The summed E-state index contributed by atoms with van der Waals surface area (Å²) in [7, 11) is -3.69. The zero-order valence-electron chi connectivity index (χ0n) is 11.8. The summed E-state index contributed by atoms with van der Waals surface area (Å²) in [5.41, 5.74) is 1.26. The molecule has 23 heavy (non-hydrogen) atoms. The normalized spacial score (nSPS) is 11.7. The number of fused-ring (bicyclic) bond motifs is 1. The second kappa shape index (κ2) is 6.49. The van der Waals surface area contributed by atoms with E-state index >= 15 is 0 Å². The van der Waals surface area contributed by atoms with Gasteiger partial charge in [0.2, 0.25) is 5.89 Å². The van der Waals surface area contributed by atoms with Crippen LogP contribution in [0.3, 0.4) is 0 Å². The third-order valence-corrected chi connectivity index (χ3v) is 5.66. The molecule has 0 aliphatic rings. The van der Waals surface area contributed by atoms with Gasteiger partial charge >= 0.3 is 5.97 Å². The Bertz CT molecular complexity index is 883. The number of nitrogens with one attached hydrogen (secondary N) is 1. The lowest BCUT2D eigenvalue weighted by Crippen LogP contribution is -2.30. The van der Waals surface area contributed by atoms with Gasteiger partial charge < -0.3 is 9.15 Å². The Morgan fingerprint density at radius 2 is 2.09 bits per heavy atom. The Balaban J connectivity index is 1.53. The highest BCUT2D eigenvalue weighted by Gasteiger charge is 2.17. The zero-order chi connectivity index (χ0) is 16.3. The number of esters is 1. The number of aromatic nitrogens is 1. The van der Waals surface area contributed by atoms with Crippen molar-refractivity contribution < 1.29 is 22.4 Å². The van der Waals surface area contributed by atoms with Crippen LogP contribution in [0.4, 0.5) is 0 Å². The van der Waals surface area contributed by atoms with Crippen LogP contribution in [-0.4, -0.2) is 25.9 Å². The van der Waals surface area contributed by atoms with E-state index in [4.69, 9.17) is 9.15 Å². The van der Waals surface area contributed by atoms with Crippen LogP contribution in [-0.2, 0) is 26.2 Å². The molecule has 7 nitrogen and oxygen atoms in total. The summed E-state index contributed by atoms with van der Waals surface area (Å²) in [5, 5.41) is 1.64. The maximum Gasteiger partial charge on any atom is 0.321 e. The second-order valence-electron chi connectivity index (χ2n) is 4.49. The molecule has 2 heterocycles. The van der Waals surface area contributed by atoms with Gasteiger partial charge in [0.05, 0.1) is 0 Å². The van der Waals surface area contributed by atoms with Gasteiger partial charge in [-0.2, -0.15) is 4.72 Å². The van der Waals surface area contributed by atoms with Crippen molar-refractivity contribution in [2.75, 3.05) is 6.54 Å². The zero-order valence-corrected chi connectivity index (χ0v) is 13.4. The summed E-state index contributed by atoms with van der Waals surface area (Å²) < 4.78 is 36.4. The van der Waals surface area contributed by atoms with E-state index in [1.807, 2.05) is 12.1 Å². The number of sulfonamides is 1. The van der Waals surface area contributed by atoms with Gasteiger partial charge in [0.15, 0.2) is 12.2 Å².